The lowest BCUT2D eigenvalue weighted by atomic mass is 9.45. The van der Waals surface area contributed by atoms with Crippen LogP contribution in [0.5, 0.6) is 11.5 Å². The van der Waals surface area contributed by atoms with Crippen LogP contribution < -0.4 is 4.74 Å². The van der Waals surface area contributed by atoms with Gasteiger partial charge in [-0.05, 0) is 53.7 Å². The summed E-state index contributed by atoms with van der Waals surface area (Å²) >= 11 is 0. The molecule has 6 atom stereocenters. The van der Waals surface area contributed by atoms with Gasteiger partial charge in [0.1, 0.15) is 0 Å². The van der Waals surface area contributed by atoms with Crippen LogP contribution >= 0.6 is 0 Å². The summed E-state index contributed by atoms with van der Waals surface area (Å²) in [4.78, 5) is 57.5. The van der Waals surface area contributed by atoms with Gasteiger partial charge in [-0.15, -0.1) is 0 Å². The first kappa shape index (κ1) is 28.7. The number of imide groups is 1. The molecule has 1 aliphatic heterocycles. The van der Waals surface area contributed by atoms with Crippen LogP contribution in [0.25, 0.3) is 11.6 Å². The molecule has 0 spiro atoms. The minimum atomic E-state index is -1.26. The standard InChI is InChI=1S/C38H33NO6/c1-39-36(43)26-16-15-25-28(34(26)37(39)44)20-30-35(42)27(23-9-5-3-6-10-23)21-33(41)38(30,24-11-7-4-8-12-24)29(25)17-13-22-14-18-31(40)32(19-22)45-2/h3-15,17-19,21,26,28-30,34,40H,16,20H2,1-2H3/t26-,28+,29-,30-,34-,38-/m0/s1. The molecule has 7 nitrogen and oxygen atoms in total. The normalized spacial score (nSPS) is 29.2. The molecule has 0 radical (unpaired) electrons. The highest BCUT2D eigenvalue weighted by Gasteiger charge is 2.64. The number of phenols is 1. The van der Waals surface area contributed by atoms with Gasteiger partial charge in [0.25, 0.3) is 0 Å². The summed E-state index contributed by atoms with van der Waals surface area (Å²) in [7, 11) is 3.01. The zero-order chi connectivity index (χ0) is 31.5. The van der Waals surface area contributed by atoms with E-state index >= 15 is 0 Å². The van der Waals surface area contributed by atoms with E-state index in [1.807, 2.05) is 78.9 Å². The maximum absolute atomic E-state index is 14.8. The van der Waals surface area contributed by atoms with Crippen molar-refractivity contribution in [2.24, 2.45) is 29.6 Å². The van der Waals surface area contributed by atoms with Gasteiger partial charge in [0.15, 0.2) is 23.1 Å². The highest BCUT2D eigenvalue weighted by molar-refractivity contribution is 6.31. The van der Waals surface area contributed by atoms with Crippen LogP contribution in [0.3, 0.4) is 0 Å². The van der Waals surface area contributed by atoms with Gasteiger partial charge in [-0.1, -0.05) is 90.5 Å². The summed E-state index contributed by atoms with van der Waals surface area (Å²) in [6, 6.07) is 23.7. The number of allylic oxidation sites excluding steroid dienone is 5. The molecule has 7 heteroatoms. The van der Waals surface area contributed by atoms with Crippen molar-refractivity contribution in [3.63, 3.8) is 0 Å². The number of aromatic hydroxyl groups is 1. The number of fused-ring (bicyclic) bond motifs is 4. The average molecular weight is 600 g/mol. The smallest absolute Gasteiger partial charge is 0.233 e. The maximum atomic E-state index is 14.8. The topological polar surface area (TPSA) is 101 Å². The van der Waals surface area contributed by atoms with Crippen LogP contribution in [0.4, 0.5) is 0 Å². The Balaban J connectivity index is 1.47. The van der Waals surface area contributed by atoms with Crippen LogP contribution in [0.1, 0.15) is 29.5 Å². The number of carbonyl (C=O) groups excluding carboxylic acids is 4. The fraction of sp³-hybridized carbons (Fsp3) is 0.263. The van der Waals surface area contributed by atoms with Gasteiger partial charge in [0.2, 0.25) is 11.8 Å². The van der Waals surface area contributed by atoms with Crippen LogP contribution in [-0.2, 0) is 24.6 Å². The number of likely N-dealkylation sites (tertiary alicyclic amines) is 1. The van der Waals surface area contributed by atoms with E-state index in [4.69, 9.17) is 4.74 Å². The fourth-order valence-electron chi connectivity index (χ4n) is 8.28. The fourth-order valence-corrected chi connectivity index (χ4v) is 8.28. The number of nitrogens with zero attached hydrogens (tertiary/aromatic N) is 1. The molecule has 4 aliphatic rings. The zero-order valence-electron chi connectivity index (χ0n) is 25.1. The Labute approximate surface area is 261 Å². The number of ketones is 2. The van der Waals surface area contributed by atoms with Crippen molar-refractivity contribution in [3.8, 4) is 11.5 Å². The zero-order valence-corrected chi connectivity index (χ0v) is 25.1. The van der Waals surface area contributed by atoms with Crippen molar-refractivity contribution >= 4 is 35.0 Å². The maximum Gasteiger partial charge on any atom is 0.233 e. The van der Waals surface area contributed by atoms with Crippen molar-refractivity contribution in [1.29, 1.82) is 0 Å². The number of hydrogen-bond acceptors (Lipinski definition) is 6. The third kappa shape index (κ3) is 4.25. The van der Waals surface area contributed by atoms with E-state index in [1.54, 1.807) is 18.2 Å². The van der Waals surface area contributed by atoms with Crippen molar-refractivity contribution in [2.75, 3.05) is 14.2 Å². The Bertz CT molecular complexity index is 1820. The van der Waals surface area contributed by atoms with E-state index < -0.39 is 29.1 Å². The molecule has 0 aromatic heterocycles. The van der Waals surface area contributed by atoms with E-state index in [2.05, 4.69) is 0 Å². The van der Waals surface area contributed by atoms with Gasteiger partial charge >= 0.3 is 0 Å². The van der Waals surface area contributed by atoms with Crippen LogP contribution in [-0.4, -0.2) is 47.5 Å². The Kier molecular flexibility index (Phi) is 6.92. The first-order chi connectivity index (χ1) is 21.8. The van der Waals surface area contributed by atoms with Gasteiger partial charge in [-0.2, -0.15) is 0 Å². The molecule has 1 saturated carbocycles. The SMILES string of the molecule is COc1cc(C=C[C@H]2C3=CC[C@@H]4C(=O)N(C)C(=O)[C@@H]4[C@@H]3C[C@H]3C(=O)C(c4ccccc4)=CC(=O)[C@@]23c2ccccc2)ccc1O. The third-order valence-corrected chi connectivity index (χ3v) is 10.3. The lowest BCUT2D eigenvalue weighted by molar-refractivity contribution is -0.139. The summed E-state index contributed by atoms with van der Waals surface area (Å²) in [5.74, 6) is -3.21. The van der Waals surface area contributed by atoms with E-state index in [0.29, 0.717) is 23.3 Å². The first-order valence-electron chi connectivity index (χ1n) is 15.2. The second kappa shape index (κ2) is 10.8. The van der Waals surface area contributed by atoms with Crippen LogP contribution in [0.15, 0.2) is 103 Å². The molecule has 3 aromatic rings. The highest BCUT2D eigenvalue weighted by Crippen LogP contribution is 2.61. The molecule has 2 fully saturated rings. The summed E-state index contributed by atoms with van der Waals surface area (Å²) in [6.07, 6.45) is 8.06. The van der Waals surface area contributed by atoms with Crippen molar-refractivity contribution in [1.82, 2.24) is 4.90 Å². The van der Waals surface area contributed by atoms with Gasteiger partial charge < -0.3 is 9.84 Å². The first-order valence-corrected chi connectivity index (χ1v) is 15.2. The van der Waals surface area contributed by atoms with Gasteiger partial charge in [-0.25, -0.2) is 0 Å². The lowest BCUT2D eigenvalue weighted by Gasteiger charge is -2.54. The molecule has 0 unspecified atom stereocenters. The van der Waals surface area contributed by atoms with Crippen molar-refractivity contribution in [2.45, 2.75) is 18.3 Å². The molecule has 1 N–H and O–H groups in total. The Morgan fingerprint density at radius 1 is 0.911 bits per heavy atom. The number of benzene rings is 3. The molecule has 45 heavy (non-hydrogen) atoms. The molecule has 1 saturated heterocycles. The number of ether oxygens (including phenoxy) is 1. The Hall–Kier alpha value is -5.04. The minimum Gasteiger partial charge on any atom is -0.504 e. The highest BCUT2D eigenvalue weighted by atomic mass is 16.5. The number of phenolic OH excluding ortho intramolecular Hbond substituents is 1. The number of carbonyl (C=O) groups is 4. The minimum absolute atomic E-state index is 0.00870. The van der Waals surface area contributed by atoms with E-state index in [9.17, 15) is 24.3 Å². The predicted molar refractivity (Wildman–Crippen MR) is 169 cm³/mol. The Morgan fingerprint density at radius 2 is 1.62 bits per heavy atom. The second-order valence-corrected chi connectivity index (χ2v) is 12.4. The number of hydrogen-bond donors (Lipinski definition) is 1. The van der Waals surface area contributed by atoms with E-state index in [1.165, 1.54) is 25.1 Å². The lowest BCUT2D eigenvalue weighted by Crippen LogP contribution is -2.59. The van der Waals surface area contributed by atoms with E-state index in [-0.39, 0.29) is 41.5 Å². The molecule has 3 aromatic carbocycles. The van der Waals surface area contributed by atoms with Crippen molar-refractivity contribution in [3.05, 3.63) is 119 Å². The largest absolute Gasteiger partial charge is 0.504 e. The van der Waals surface area contributed by atoms with Gasteiger partial charge in [0, 0.05) is 24.5 Å². The van der Waals surface area contributed by atoms with E-state index in [0.717, 1.165) is 16.7 Å². The molecule has 1 heterocycles. The summed E-state index contributed by atoms with van der Waals surface area (Å²) in [5, 5.41) is 10.2. The molecular formula is C38H33NO6. The molecule has 7 rings (SSSR count). The Morgan fingerprint density at radius 3 is 2.33 bits per heavy atom. The summed E-state index contributed by atoms with van der Waals surface area (Å²) < 4.78 is 5.33. The predicted octanol–water partition coefficient (Wildman–Crippen LogP) is 5.40. The monoisotopic (exact) mass is 599 g/mol. The quantitative estimate of drug-likeness (QED) is 0.311. The summed E-state index contributed by atoms with van der Waals surface area (Å²) in [6.45, 7) is 0. The number of Topliss-reactive ketones (excluding diaryl/α,β-unsaturated/α-hetero) is 1. The molecule has 2 amide bonds. The van der Waals surface area contributed by atoms with Crippen LogP contribution in [0, 0.1) is 29.6 Å². The summed E-state index contributed by atoms with van der Waals surface area (Å²) in [5.41, 5.74) is 2.17. The number of methoxy groups -OCH3 is 1. The molecule has 3 aliphatic carbocycles. The second-order valence-electron chi connectivity index (χ2n) is 12.4. The molecular weight excluding hydrogens is 566 g/mol. The van der Waals surface area contributed by atoms with Gasteiger partial charge in [0.05, 0.1) is 24.4 Å². The number of rotatable bonds is 5. The average Bonchev–Trinajstić information content (AvgIpc) is 3.29. The van der Waals surface area contributed by atoms with Crippen LogP contribution in [0.2, 0.25) is 0 Å². The molecule has 226 valence electrons. The van der Waals surface area contributed by atoms with Crippen molar-refractivity contribution < 1.29 is 29.0 Å². The number of amides is 2. The third-order valence-electron chi connectivity index (χ3n) is 10.3. The molecule has 0 bridgehead atoms. The van der Waals surface area contributed by atoms with Gasteiger partial charge in [-0.3, -0.25) is 24.1 Å².